The van der Waals surface area contributed by atoms with Gasteiger partial charge in [-0.05, 0) is 30.7 Å². The fourth-order valence-electron chi connectivity index (χ4n) is 1.78. The fraction of sp³-hybridized carbons (Fsp3) is 0.0769. The molecule has 0 radical (unpaired) electrons. The molecule has 3 rings (SSSR count). The minimum absolute atomic E-state index is 0.214. The van der Waals surface area contributed by atoms with Crippen LogP contribution in [0, 0.1) is 12.7 Å². The highest BCUT2D eigenvalue weighted by Crippen LogP contribution is 2.21. The SMILES string of the molecule is Cc1ccc(-c2nc3c(F)cccn3n2)cc1N. The van der Waals surface area contributed by atoms with Crippen LogP contribution in [0.1, 0.15) is 5.56 Å². The van der Waals surface area contributed by atoms with Crippen molar-refractivity contribution in [2.75, 3.05) is 5.73 Å². The van der Waals surface area contributed by atoms with Crippen LogP contribution in [-0.2, 0) is 0 Å². The molecule has 2 heterocycles. The van der Waals surface area contributed by atoms with Gasteiger partial charge in [-0.25, -0.2) is 13.9 Å². The molecule has 0 unspecified atom stereocenters. The van der Waals surface area contributed by atoms with Gasteiger partial charge >= 0.3 is 0 Å². The third kappa shape index (κ3) is 1.60. The number of nitrogens with zero attached hydrogens (tertiary/aromatic N) is 3. The Morgan fingerprint density at radius 2 is 2.11 bits per heavy atom. The van der Waals surface area contributed by atoms with Gasteiger partial charge in [0, 0.05) is 17.4 Å². The van der Waals surface area contributed by atoms with Gasteiger partial charge in [-0.1, -0.05) is 12.1 Å². The lowest BCUT2D eigenvalue weighted by atomic mass is 10.1. The van der Waals surface area contributed by atoms with Gasteiger partial charge in [-0.3, -0.25) is 0 Å². The Morgan fingerprint density at radius 1 is 1.28 bits per heavy atom. The molecule has 3 aromatic rings. The first-order valence-corrected chi connectivity index (χ1v) is 5.52. The average molecular weight is 242 g/mol. The molecule has 0 fully saturated rings. The highest BCUT2D eigenvalue weighted by atomic mass is 19.1. The van der Waals surface area contributed by atoms with E-state index in [1.165, 1.54) is 10.6 Å². The Kier molecular flexibility index (Phi) is 2.26. The molecule has 4 nitrogen and oxygen atoms in total. The third-order valence-corrected chi connectivity index (χ3v) is 2.85. The molecule has 0 aliphatic rings. The molecular weight excluding hydrogens is 231 g/mol. The van der Waals surface area contributed by atoms with Crippen molar-refractivity contribution in [3.63, 3.8) is 0 Å². The topological polar surface area (TPSA) is 56.2 Å². The number of aryl methyl sites for hydroxylation is 1. The van der Waals surface area contributed by atoms with Crippen molar-refractivity contribution in [1.29, 1.82) is 0 Å². The first kappa shape index (κ1) is 10.7. The second-order valence-electron chi connectivity index (χ2n) is 4.13. The first-order valence-electron chi connectivity index (χ1n) is 5.52. The van der Waals surface area contributed by atoms with Crippen molar-refractivity contribution >= 4 is 11.3 Å². The molecule has 0 bridgehead atoms. The predicted octanol–water partition coefficient (Wildman–Crippen LogP) is 2.43. The Balaban J connectivity index is 2.19. The fourth-order valence-corrected chi connectivity index (χ4v) is 1.78. The lowest BCUT2D eigenvalue weighted by molar-refractivity contribution is 0.627. The van der Waals surface area contributed by atoms with Crippen molar-refractivity contribution in [2.45, 2.75) is 6.92 Å². The maximum atomic E-state index is 13.5. The summed E-state index contributed by atoms with van der Waals surface area (Å²) < 4.78 is 14.9. The van der Waals surface area contributed by atoms with E-state index in [2.05, 4.69) is 10.1 Å². The van der Waals surface area contributed by atoms with Gasteiger partial charge in [-0.2, -0.15) is 0 Å². The predicted molar refractivity (Wildman–Crippen MR) is 67.5 cm³/mol. The zero-order valence-electron chi connectivity index (χ0n) is 9.76. The lowest BCUT2D eigenvalue weighted by Crippen LogP contribution is -1.91. The summed E-state index contributed by atoms with van der Waals surface area (Å²) in [5, 5.41) is 4.22. The van der Waals surface area contributed by atoms with Crippen LogP contribution in [0.4, 0.5) is 10.1 Å². The standard InChI is InChI=1S/C13H11FN4/c1-8-4-5-9(7-11(8)15)12-16-13-10(14)3-2-6-18(13)17-12/h2-7H,15H2,1H3. The summed E-state index contributed by atoms with van der Waals surface area (Å²) in [5.74, 6) is 0.0723. The highest BCUT2D eigenvalue weighted by Gasteiger charge is 2.10. The Labute approximate surface area is 103 Å². The van der Waals surface area contributed by atoms with Gasteiger partial charge in [0.25, 0.3) is 0 Å². The van der Waals surface area contributed by atoms with E-state index in [0.29, 0.717) is 11.5 Å². The summed E-state index contributed by atoms with van der Waals surface area (Å²) in [7, 11) is 0. The molecule has 0 atom stereocenters. The van der Waals surface area contributed by atoms with E-state index >= 15 is 0 Å². The van der Waals surface area contributed by atoms with Crippen LogP contribution < -0.4 is 5.73 Å². The van der Waals surface area contributed by atoms with E-state index in [4.69, 9.17) is 5.73 Å². The lowest BCUT2D eigenvalue weighted by Gasteiger charge is -2.00. The van der Waals surface area contributed by atoms with E-state index in [1.54, 1.807) is 18.3 Å². The Hall–Kier alpha value is -2.43. The number of benzene rings is 1. The van der Waals surface area contributed by atoms with Gasteiger partial charge in [-0.15, -0.1) is 5.10 Å². The summed E-state index contributed by atoms with van der Waals surface area (Å²) in [6.07, 6.45) is 1.66. The molecule has 2 aromatic heterocycles. The van der Waals surface area contributed by atoms with Crippen LogP contribution in [0.3, 0.4) is 0 Å². The van der Waals surface area contributed by atoms with Crippen LogP contribution in [0.25, 0.3) is 17.0 Å². The number of halogens is 1. The quantitative estimate of drug-likeness (QED) is 0.667. The summed E-state index contributed by atoms with van der Waals surface area (Å²) in [6.45, 7) is 1.93. The molecule has 0 amide bonds. The molecular formula is C13H11FN4. The van der Waals surface area contributed by atoms with E-state index in [1.807, 2.05) is 19.1 Å². The van der Waals surface area contributed by atoms with Crippen molar-refractivity contribution in [3.05, 3.63) is 47.9 Å². The number of hydrogen-bond acceptors (Lipinski definition) is 3. The first-order chi connectivity index (χ1) is 8.65. The molecule has 1 aromatic carbocycles. The number of pyridine rings is 1. The number of hydrogen-bond donors (Lipinski definition) is 1. The molecule has 0 spiro atoms. The van der Waals surface area contributed by atoms with Crippen LogP contribution in [0.15, 0.2) is 36.5 Å². The van der Waals surface area contributed by atoms with E-state index in [9.17, 15) is 4.39 Å². The van der Waals surface area contributed by atoms with Crippen LogP contribution in [0.2, 0.25) is 0 Å². The maximum absolute atomic E-state index is 13.5. The van der Waals surface area contributed by atoms with Crippen LogP contribution >= 0.6 is 0 Å². The second-order valence-corrected chi connectivity index (χ2v) is 4.13. The number of fused-ring (bicyclic) bond motifs is 1. The highest BCUT2D eigenvalue weighted by molar-refractivity contribution is 5.65. The number of aromatic nitrogens is 3. The van der Waals surface area contributed by atoms with Crippen molar-refractivity contribution in [2.24, 2.45) is 0 Å². The molecule has 5 heteroatoms. The largest absolute Gasteiger partial charge is 0.398 e. The van der Waals surface area contributed by atoms with Gasteiger partial charge < -0.3 is 5.73 Å². The van der Waals surface area contributed by atoms with E-state index < -0.39 is 5.82 Å². The molecule has 0 saturated heterocycles. The Morgan fingerprint density at radius 3 is 2.83 bits per heavy atom. The average Bonchev–Trinajstić information content (AvgIpc) is 2.78. The van der Waals surface area contributed by atoms with Crippen molar-refractivity contribution < 1.29 is 4.39 Å². The maximum Gasteiger partial charge on any atom is 0.191 e. The van der Waals surface area contributed by atoms with Crippen molar-refractivity contribution in [3.8, 4) is 11.4 Å². The van der Waals surface area contributed by atoms with Gasteiger partial charge in [0.2, 0.25) is 0 Å². The number of nitrogens with two attached hydrogens (primary N) is 1. The minimum atomic E-state index is -0.392. The van der Waals surface area contributed by atoms with E-state index in [-0.39, 0.29) is 5.65 Å². The smallest absolute Gasteiger partial charge is 0.191 e. The van der Waals surface area contributed by atoms with Gasteiger partial charge in [0.1, 0.15) is 0 Å². The van der Waals surface area contributed by atoms with Crippen LogP contribution in [-0.4, -0.2) is 14.6 Å². The molecule has 90 valence electrons. The molecule has 0 saturated carbocycles. The minimum Gasteiger partial charge on any atom is -0.398 e. The van der Waals surface area contributed by atoms with Gasteiger partial charge in [0.15, 0.2) is 17.3 Å². The van der Waals surface area contributed by atoms with Gasteiger partial charge in [0.05, 0.1) is 0 Å². The monoisotopic (exact) mass is 242 g/mol. The number of rotatable bonds is 1. The van der Waals surface area contributed by atoms with E-state index in [0.717, 1.165) is 11.1 Å². The molecule has 18 heavy (non-hydrogen) atoms. The molecule has 2 N–H and O–H groups in total. The second kappa shape index (κ2) is 3.80. The summed E-state index contributed by atoms with van der Waals surface area (Å²) in [5.41, 5.74) is 8.51. The van der Waals surface area contributed by atoms with Crippen molar-refractivity contribution in [1.82, 2.24) is 14.6 Å². The molecule has 0 aliphatic heterocycles. The molecule has 0 aliphatic carbocycles. The summed E-state index contributed by atoms with van der Waals surface area (Å²) in [6, 6.07) is 8.51. The third-order valence-electron chi connectivity index (χ3n) is 2.85. The normalized spacial score (nSPS) is 11.0. The zero-order valence-corrected chi connectivity index (χ0v) is 9.76. The Bertz CT molecular complexity index is 733. The zero-order chi connectivity index (χ0) is 12.7. The summed E-state index contributed by atoms with van der Waals surface area (Å²) >= 11 is 0. The van der Waals surface area contributed by atoms with Crippen LogP contribution in [0.5, 0.6) is 0 Å². The number of nitrogen functional groups attached to an aromatic ring is 1. The number of anilines is 1. The summed E-state index contributed by atoms with van der Waals surface area (Å²) in [4.78, 5) is 4.17.